The lowest BCUT2D eigenvalue weighted by Gasteiger charge is -2.05. The lowest BCUT2D eigenvalue weighted by atomic mass is 10.2. The van der Waals surface area contributed by atoms with Crippen LogP contribution in [-0.4, -0.2) is 19.2 Å². The van der Waals surface area contributed by atoms with Gasteiger partial charge in [-0.15, -0.1) is 0 Å². The summed E-state index contributed by atoms with van der Waals surface area (Å²) in [6.45, 7) is 3.63. The summed E-state index contributed by atoms with van der Waals surface area (Å²) in [5, 5.41) is 4.13. The Hall–Kier alpha value is -1.59. The molecule has 0 fully saturated rings. The number of nitrogens with zero attached hydrogens (tertiary/aromatic N) is 1. The van der Waals surface area contributed by atoms with Gasteiger partial charge in [0.25, 0.3) is 5.19 Å². The monoisotopic (exact) mass is 278 g/mol. The number of ether oxygens (including phenoxy) is 2. The Morgan fingerprint density at radius 2 is 1.84 bits per heavy atom. The van der Waals surface area contributed by atoms with E-state index in [1.165, 1.54) is 10.4 Å². The van der Waals surface area contributed by atoms with Gasteiger partial charge in [0.2, 0.25) is 0 Å². The summed E-state index contributed by atoms with van der Waals surface area (Å²) in [5.41, 5.74) is 2.26. The molecule has 0 unspecified atom stereocenters. The van der Waals surface area contributed by atoms with E-state index in [1.54, 1.807) is 25.6 Å². The molecule has 0 saturated carbocycles. The van der Waals surface area contributed by atoms with Crippen molar-refractivity contribution >= 4 is 11.3 Å². The first kappa shape index (κ1) is 13.8. The first-order valence-electron chi connectivity index (χ1n) is 6.07. The number of methoxy groups -OCH3 is 2. The molecule has 0 saturated heterocycles. The maximum absolute atomic E-state index is 5.13. The number of aromatic nitrogens is 1. The van der Waals surface area contributed by atoms with E-state index in [0.717, 1.165) is 29.7 Å². The topological polar surface area (TPSA) is 43.4 Å². The van der Waals surface area contributed by atoms with E-state index in [4.69, 9.17) is 9.47 Å². The van der Waals surface area contributed by atoms with Gasteiger partial charge in [-0.05, 0) is 24.6 Å². The molecule has 102 valence electrons. The number of rotatable bonds is 6. The fourth-order valence-corrected chi connectivity index (χ4v) is 2.56. The smallest absolute Gasteiger partial charge is 0.273 e. The van der Waals surface area contributed by atoms with Gasteiger partial charge in [-0.25, -0.2) is 4.98 Å². The molecule has 1 aromatic carbocycles. The summed E-state index contributed by atoms with van der Waals surface area (Å²) in [6.07, 6.45) is 0. The van der Waals surface area contributed by atoms with E-state index in [1.807, 2.05) is 19.1 Å². The van der Waals surface area contributed by atoms with Gasteiger partial charge in [-0.2, -0.15) is 0 Å². The van der Waals surface area contributed by atoms with E-state index in [-0.39, 0.29) is 0 Å². The van der Waals surface area contributed by atoms with Crippen LogP contribution in [0.3, 0.4) is 0 Å². The van der Waals surface area contributed by atoms with E-state index >= 15 is 0 Å². The fraction of sp³-hybridized carbons (Fsp3) is 0.357. The van der Waals surface area contributed by atoms with Crippen molar-refractivity contribution in [2.24, 2.45) is 0 Å². The Morgan fingerprint density at radius 1 is 1.11 bits per heavy atom. The molecule has 0 aliphatic rings. The average Bonchev–Trinajstić information content (AvgIpc) is 2.80. The van der Waals surface area contributed by atoms with E-state index in [0.29, 0.717) is 0 Å². The molecule has 0 spiro atoms. The summed E-state index contributed by atoms with van der Waals surface area (Å²) in [5.74, 6) is 0.881. The number of nitrogens with one attached hydrogen (secondary N) is 1. The van der Waals surface area contributed by atoms with Crippen molar-refractivity contribution in [2.75, 3.05) is 14.2 Å². The Morgan fingerprint density at radius 3 is 2.42 bits per heavy atom. The van der Waals surface area contributed by atoms with Crippen LogP contribution in [0.5, 0.6) is 10.9 Å². The van der Waals surface area contributed by atoms with Crippen LogP contribution in [0.2, 0.25) is 0 Å². The van der Waals surface area contributed by atoms with Gasteiger partial charge in [0.1, 0.15) is 5.75 Å². The molecule has 0 aliphatic heterocycles. The zero-order valence-electron chi connectivity index (χ0n) is 11.4. The molecule has 2 rings (SSSR count). The van der Waals surface area contributed by atoms with Gasteiger partial charge in [0.05, 0.1) is 19.9 Å². The van der Waals surface area contributed by atoms with Crippen LogP contribution in [0.25, 0.3) is 0 Å². The van der Waals surface area contributed by atoms with Crippen molar-refractivity contribution in [3.8, 4) is 10.9 Å². The lowest BCUT2D eigenvalue weighted by molar-refractivity contribution is 0.411. The minimum Gasteiger partial charge on any atom is -0.497 e. The van der Waals surface area contributed by atoms with E-state index in [9.17, 15) is 0 Å². The molecule has 0 radical (unpaired) electrons. The second kappa shape index (κ2) is 6.54. The Labute approximate surface area is 117 Å². The fourth-order valence-electron chi connectivity index (χ4n) is 1.72. The molecular formula is C14H18N2O2S. The molecule has 0 bridgehead atoms. The molecule has 1 N–H and O–H groups in total. The molecule has 0 aliphatic carbocycles. The summed E-state index contributed by atoms with van der Waals surface area (Å²) < 4.78 is 10.3. The molecule has 0 atom stereocenters. The van der Waals surface area contributed by atoms with Gasteiger partial charge in [0, 0.05) is 18.0 Å². The highest BCUT2D eigenvalue weighted by atomic mass is 32.1. The van der Waals surface area contributed by atoms with Crippen LogP contribution in [-0.2, 0) is 13.1 Å². The zero-order valence-corrected chi connectivity index (χ0v) is 12.2. The Bertz CT molecular complexity index is 523. The van der Waals surface area contributed by atoms with Gasteiger partial charge in [0.15, 0.2) is 0 Å². The van der Waals surface area contributed by atoms with E-state index < -0.39 is 0 Å². The second-order valence-electron chi connectivity index (χ2n) is 4.14. The number of thiazole rings is 1. The number of aryl methyl sites for hydroxylation is 1. The molecule has 1 heterocycles. The summed E-state index contributed by atoms with van der Waals surface area (Å²) in [4.78, 5) is 5.53. The highest BCUT2D eigenvalue weighted by Crippen LogP contribution is 2.24. The van der Waals surface area contributed by atoms with Crippen molar-refractivity contribution in [3.63, 3.8) is 0 Å². The van der Waals surface area contributed by atoms with Crippen LogP contribution < -0.4 is 14.8 Å². The number of benzene rings is 1. The number of hydrogen-bond donors (Lipinski definition) is 1. The largest absolute Gasteiger partial charge is 0.497 e. The number of hydrogen-bond acceptors (Lipinski definition) is 5. The third-order valence-electron chi connectivity index (χ3n) is 2.82. The third kappa shape index (κ3) is 3.68. The predicted octanol–water partition coefficient (Wildman–Crippen LogP) is 2.76. The van der Waals surface area contributed by atoms with Crippen LogP contribution >= 0.6 is 11.3 Å². The first-order valence-corrected chi connectivity index (χ1v) is 6.88. The first-order chi connectivity index (χ1) is 9.22. The van der Waals surface area contributed by atoms with Gasteiger partial charge in [-0.3, -0.25) is 0 Å². The van der Waals surface area contributed by atoms with E-state index in [2.05, 4.69) is 22.4 Å². The molecule has 1 aromatic heterocycles. The quantitative estimate of drug-likeness (QED) is 0.882. The average molecular weight is 278 g/mol. The summed E-state index contributed by atoms with van der Waals surface area (Å²) in [7, 11) is 3.32. The Balaban J connectivity index is 1.86. The minimum absolute atomic E-state index is 0.721. The van der Waals surface area contributed by atoms with Crippen LogP contribution in [0, 0.1) is 6.92 Å². The maximum Gasteiger partial charge on any atom is 0.273 e. The van der Waals surface area contributed by atoms with Crippen molar-refractivity contribution in [1.29, 1.82) is 0 Å². The molecule has 2 aromatic rings. The zero-order chi connectivity index (χ0) is 13.7. The standard InChI is InChI=1S/C14H18N2O2S/c1-10-13(19-14(16-10)18-3)9-15-8-11-4-6-12(17-2)7-5-11/h4-7,15H,8-9H2,1-3H3. The minimum atomic E-state index is 0.721. The Kier molecular flexibility index (Phi) is 4.76. The third-order valence-corrected chi connectivity index (χ3v) is 3.94. The maximum atomic E-state index is 5.13. The van der Waals surface area contributed by atoms with Gasteiger partial charge in [-0.1, -0.05) is 23.5 Å². The van der Waals surface area contributed by atoms with Crippen molar-refractivity contribution in [1.82, 2.24) is 10.3 Å². The molecule has 19 heavy (non-hydrogen) atoms. The highest BCUT2D eigenvalue weighted by Gasteiger charge is 2.06. The predicted molar refractivity (Wildman–Crippen MR) is 76.9 cm³/mol. The summed E-state index contributed by atoms with van der Waals surface area (Å²) in [6, 6.07) is 8.06. The van der Waals surface area contributed by atoms with Crippen LogP contribution in [0.1, 0.15) is 16.1 Å². The van der Waals surface area contributed by atoms with Crippen LogP contribution in [0.4, 0.5) is 0 Å². The van der Waals surface area contributed by atoms with Gasteiger partial charge < -0.3 is 14.8 Å². The molecular weight excluding hydrogens is 260 g/mol. The molecule has 5 heteroatoms. The lowest BCUT2D eigenvalue weighted by Crippen LogP contribution is -2.12. The molecule has 0 amide bonds. The second-order valence-corrected chi connectivity index (χ2v) is 5.19. The van der Waals surface area contributed by atoms with Crippen molar-refractivity contribution in [3.05, 3.63) is 40.4 Å². The van der Waals surface area contributed by atoms with Crippen LogP contribution in [0.15, 0.2) is 24.3 Å². The molecule has 4 nitrogen and oxygen atoms in total. The normalized spacial score (nSPS) is 10.5. The SMILES string of the molecule is COc1ccc(CNCc2sc(OC)nc2C)cc1. The van der Waals surface area contributed by atoms with Crippen molar-refractivity contribution < 1.29 is 9.47 Å². The van der Waals surface area contributed by atoms with Gasteiger partial charge >= 0.3 is 0 Å². The van der Waals surface area contributed by atoms with Crippen molar-refractivity contribution in [2.45, 2.75) is 20.0 Å². The highest BCUT2D eigenvalue weighted by molar-refractivity contribution is 7.13. The summed E-state index contributed by atoms with van der Waals surface area (Å²) >= 11 is 1.58.